The Hall–Kier alpha value is -0.790. The maximum atomic E-state index is 5.90. The highest BCUT2D eigenvalue weighted by molar-refractivity contribution is 9.09. The van der Waals surface area contributed by atoms with Crippen molar-refractivity contribution >= 4 is 27.5 Å². The minimum absolute atomic E-state index is 0.351. The largest absolute Gasteiger partial charge is 0.0843 e. The third-order valence-corrected chi connectivity index (χ3v) is 4.31. The van der Waals surface area contributed by atoms with Crippen molar-refractivity contribution in [1.29, 1.82) is 0 Å². The smallest absolute Gasteiger partial charge is 0.0435 e. The lowest BCUT2D eigenvalue weighted by Gasteiger charge is -2.11. The summed E-state index contributed by atoms with van der Waals surface area (Å²) in [6.07, 6.45) is 3.33. The molecule has 19 heavy (non-hydrogen) atoms. The van der Waals surface area contributed by atoms with Crippen LogP contribution in [0, 0.1) is 0 Å². The minimum Gasteiger partial charge on any atom is -0.0843 e. The van der Waals surface area contributed by atoms with Gasteiger partial charge in [-0.25, -0.2) is 0 Å². The molecule has 2 rings (SSSR count). The Labute approximate surface area is 128 Å². The van der Waals surface area contributed by atoms with E-state index < -0.39 is 0 Å². The molecule has 0 spiro atoms. The van der Waals surface area contributed by atoms with Gasteiger partial charge in [-0.2, -0.15) is 0 Å². The molecule has 0 amide bonds. The molecule has 0 aliphatic rings. The highest BCUT2D eigenvalue weighted by Crippen LogP contribution is 2.27. The van der Waals surface area contributed by atoms with Crippen molar-refractivity contribution in [2.24, 2.45) is 0 Å². The van der Waals surface area contributed by atoms with E-state index in [1.54, 1.807) is 0 Å². The van der Waals surface area contributed by atoms with Gasteiger partial charge in [-0.3, -0.25) is 0 Å². The van der Waals surface area contributed by atoms with Crippen molar-refractivity contribution in [3.8, 4) is 0 Å². The van der Waals surface area contributed by atoms with Crippen LogP contribution in [0.15, 0.2) is 48.5 Å². The zero-order chi connectivity index (χ0) is 13.7. The van der Waals surface area contributed by atoms with Gasteiger partial charge in [0.1, 0.15) is 0 Å². The number of aryl methyl sites for hydroxylation is 1. The second-order valence-corrected chi connectivity index (χ2v) is 6.33. The SMILES string of the molecule is CCCc1ccc(C(Br)Cc2ccc(Cl)cc2)cc1. The third-order valence-electron chi connectivity index (χ3n) is 3.21. The number of alkyl halides is 1. The molecule has 0 saturated carbocycles. The summed E-state index contributed by atoms with van der Waals surface area (Å²) in [5.74, 6) is 0. The van der Waals surface area contributed by atoms with Crippen LogP contribution < -0.4 is 0 Å². The van der Waals surface area contributed by atoms with Gasteiger partial charge in [-0.05, 0) is 41.7 Å². The normalized spacial score (nSPS) is 12.4. The number of halogens is 2. The molecule has 2 aromatic rings. The molecule has 0 bridgehead atoms. The zero-order valence-corrected chi connectivity index (χ0v) is 13.4. The lowest BCUT2D eigenvalue weighted by molar-refractivity contribution is 0.912. The van der Waals surface area contributed by atoms with Gasteiger partial charge in [0.2, 0.25) is 0 Å². The first-order chi connectivity index (χ1) is 9.19. The highest BCUT2D eigenvalue weighted by atomic mass is 79.9. The molecule has 2 heteroatoms. The molecule has 0 aromatic heterocycles. The second-order valence-electron chi connectivity index (χ2n) is 4.79. The van der Waals surface area contributed by atoms with E-state index in [0.717, 1.165) is 17.9 Å². The third kappa shape index (κ3) is 4.36. The number of benzene rings is 2. The Morgan fingerprint density at radius 1 is 0.947 bits per heavy atom. The first-order valence-electron chi connectivity index (χ1n) is 6.66. The Bertz CT molecular complexity index is 502. The van der Waals surface area contributed by atoms with Crippen molar-refractivity contribution in [2.75, 3.05) is 0 Å². The highest BCUT2D eigenvalue weighted by Gasteiger charge is 2.08. The first-order valence-corrected chi connectivity index (χ1v) is 7.95. The Balaban J connectivity index is 2.02. The molecule has 0 heterocycles. The van der Waals surface area contributed by atoms with Crippen molar-refractivity contribution in [2.45, 2.75) is 31.0 Å². The summed E-state index contributed by atoms with van der Waals surface area (Å²) in [7, 11) is 0. The van der Waals surface area contributed by atoms with Crippen molar-refractivity contribution in [1.82, 2.24) is 0 Å². The zero-order valence-electron chi connectivity index (χ0n) is 11.1. The van der Waals surface area contributed by atoms with Crippen LogP contribution in [0.1, 0.15) is 34.9 Å². The molecule has 0 radical (unpaired) electrons. The van der Waals surface area contributed by atoms with Crippen LogP contribution in [0.4, 0.5) is 0 Å². The summed E-state index contributed by atoms with van der Waals surface area (Å²) in [4.78, 5) is 0.351. The quantitative estimate of drug-likeness (QED) is 0.589. The fourth-order valence-corrected chi connectivity index (χ4v) is 2.93. The molecular formula is C17H18BrCl. The molecule has 0 N–H and O–H groups in total. The van der Waals surface area contributed by atoms with Gasteiger partial charge in [0.05, 0.1) is 0 Å². The van der Waals surface area contributed by atoms with Gasteiger partial charge in [0.15, 0.2) is 0 Å². The Morgan fingerprint density at radius 3 is 2.11 bits per heavy atom. The summed E-state index contributed by atoms with van der Waals surface area (Å²) in [5, 5.41) is 0.791. The van der Waals surface area contributed by atoms with Gasteiger partial charge in [-0.15, -0.1) is 0 Å². The molecular weight excluding hydrogens is 320 g/mol. The van der Waals surface area contributed by atoms with Crippen LogP contribution >= 0.6 is 27.5 Å². The number of hydrogen-bond donors (Lipinski definition) is 0. The van der Waals surface area contributed by atoms with E-state index in [1.165, 1.54) is 23.1 Å². The van der Waals surface area contributed by atoms with Gasteiger partial charge in [0.25, 0.3) is 0 Å². The predicted octanol–water partition coefficient (Wildman–Crippen LogP) is 5.97. The van der Waals surface area contributed by atoms with Crippen LogP contribution in [-0.2, 0) is 12.8 Å². The molecule has 0 nitrogen and oxygen atoms in total. The van der Waals surface area contributed by atoms with E-state index in [1.807, 2.05) is 12.1 Å². The van der Waals surface area contributed by atoms with Crippen molar-refractivity contribution < 1.29 is 0 Å². The average Bonchev–Trinajstić information content (AvgIpc) is 2.42. The van der Waals surface area contributed by atoms with Crippen molar-refractivity contribution in [3.63, 3.8) is 0 Å². The molecule has 1 atom stereocenters. The molecule has 100 valence electrons. The lowest BCUT2D eigenvalue weighted by Crippen LogP contribution is -1.96. The van der Waals surface area contributed by atoms with Crippen LogP contribution in [0.3, 0.4) is 0 Å². The summed E-state index contributed by atoms with van der Waals surface area (Å²) < 4.78 is 0. The van der Waals surface area contributed by atoms with E-state index in [-0.39, 0.29) is 0 Å². The van der Waals surface area contributed by atoms with Crippen LogP contribution in [0.2, 0.25) is 5.02 Å². The summed E-state index contributed by atoms with van der Waals surface area (Å²) in [6, 6.07) is 17.0. The topological polar surface area (TPSA) is 0 Å². The van der Waals surface area contributed by atoms with E-state index in [2.05, 4.69) is 59.3 Å². The standard InChI is InChI=1S/C17H18BrCl/c1-2-3-13-4-8-15(9-5-13)17(18)12-14-6-10-16(19)11-7-14/h4-11,17H,2-3,12H2,1H3. The Kier molecular flexibility index (Phi) is 5.47. The van der Waals surface area contributed by atoms with E-state index in [4.69, 9.17) is 11.6 Å². The van der Waals surface area contributed by atoms with Crippen LogP contribution in [0.5, 0.6) is 0 Å². The molecule has 1 unspecified atom stereocenters. The van der Waals surface area contributed by atoms with Gasteiger partial charge >= 0.3 is 0 Å². The molecule has 2 aromatic carbocycles. The maximum absolute atomic E-state index is 5.90. The second kappa shape index (κ2) is 7.12. The Morgan fingerprint density at radius 2 is 1.53 bits per heavy atom. The fraction of sp³-hybridized carbons (Fsp3) is 0.294. The summed E-state index contributed by atoms with van der Waals surface area (Å²) >= 11 is 9.67. The minimum atomic E-state index is 0.351. The molecule has 0 aliphatic heterocycles. The van der Waals surface area contributed by atoms with Crippen LogP contribution in [-0.4, -0.2) is 0 Å². The fourth-order valence-electron chi connectivity index (χ4n) is 2.13. The molecule has 0 fully saturated rings. The van der Waals surface area contributed by atoms with Gasteiger partial charge < -0.3 is 0 Å². The summed E-state index contributed by atoms with van der Waals surface area (Å²) in [6.45, 7) is 2.21. The van der Waals surface area contributed by atoms with Gasteiger partial charge in [0, 0.05) is 9.85 Å². The number of hydrogen-bond acceptors (Lipinski definition) is 0. The first kappa shape index (κ1) is 14.6. The average molecular weight is 338 g/mol. The summed E-state index contributed by atoms with van der Waals surface area (Å²) in [5.41, 5.74) is 4.04. The monoisotopic (exact) mass is 336 g/mol. The number of rotatable bonds is 5. The van der Waals surface area contributed by atoms with E-state index in [0.29, 0.717) is 4.83 Å². The van der Waals surface area contributed by atoms with Crippen LogP contribution in [0.25, 0.3) is 0 Å². The molecule has 0 aliphatic carbocycles. The maximum Gasteiger partial charge on any atom is 0.0435 e. The predicted molar refractivity (Wildman–Crippen MR) is 87.3 cm³/mol. The van der Waals surface area contributed by atoms with E-state index in [9.17, 15) is 0 Å². The molecule has 0 saturated heterocycles. The van der Waals surface area contributed by atoms with E-state index >= 15 is 0 Å². The van der Waals surface area contributed by atoms with Crippen molar-refractivity contribution in [3.05, 3.63) is 70.2 Å². The van der Waals surface area contributed by atoms with Gasteiger partial charge in [-0.1, -0.05) is 77.3 Å². The lowest BCUT2D eigenvalue weighted by atomic mass is 10.0.